The van der Waals surface area contributed by atoms with Gasteiger partial charge in [0.25, 0.3) is 5.91 Å². The summed E-state index contributed by atoms with van der Waals surface area (Å²) in [5.41, 5.74) is 3.41. The van der Waals surface area contributed by atoms with Crippen LogP contribution < -0.4 is 24.3 Å². The Morgan fingerprint density at radius 2 is 1.31 bits per heavy atom. The van der Waals surface area contributed by atoms with Gasteiger partial charge in [0.15, 0.2) is 23.0 Å². The second-order valence-electron chi connectivity index (χ2n) is 7.95. The Labute approximate surface area is 210 Å². The van der Waals surface area contributed by atoms with Crippen molar-refractivity contribution in [3.8, 4) is 23.0 Å². The lowest BCUT2D eigenvalue weighted by molar-refractivity contribution is 0.0950. The van der Waals surface area contributed by atoms with E-state index < -0.39 is 0 Å². The zero-order valence-corrected chi connectivity index (χ0v) is 20.3. The number of carbonyl (C=O) groups excluding carboxylic acids is 1. The molecule has 4 aromatic rings. The Hall–Kier alpha value is -4.52. The molecule has 36 heavy (non-hydrogen) atoms. The van der Waals surface area contributed by atoms with Gasteiger partial charge >= 0.3 is 0 Å². The van der Waals surface area contributed by atoms with Crippen molar-refractivity contribution in [3.63, 3.8) is 0 Å². The molecule has 0 unspecified atom stereocenters. The fraction of sp³-hybridized carbons (Fsp3) is 0.172. The standard InChI is InChI=1S/C29H28N2O5/c1-33-27-16-23(8-10-25(27)35-19-21-6-4-3-5-7-21)18-31-29(32)24-9-11-26(28(17-24)34-2)36-20-22-12-14-30-15-13-22/h3-17H,18-20H2,1-2H3,(H,31,32). The topological polar surface area (TPSA) is 78.9 Å². The average Bonchev–Trinajstić information content (AvgIpc) is 2.94. The number of methoxy groups -OCH3 is 2. The van der Waals surface area contributed by atoms with Crippen molar-refractivity contribution in [3.05, 3.63) is 114 Å². The van der Waals surface area contributed by atoms with E-state index in [2.05, 4.69) is 10.3 Å². The molecule has 7 nitrogen and oxygen atoms in total. The lowest BCUT2D eigenvalue weighted by Crippen LogP contribution is -2.22. The number of hydrogen-bond acceptors (Lipinski definition) is 6. The highest BCUT2D eigenvalue weighted by Crippen LogP contribution is 2.30. The van der Waals surface area contributed by atoms with Gasteiger partial charge in [0.1, 0.15) is 13.2 Å². The maximum atomic E-state index is 12.8. The fourth-order valence-electron chi connectivity index (χ4n) is 3.53. The summed E-state index contributed by atoms with van der Waals surface area (Å²) in [4.78, 5) is 16.8. The Morgan fingerprint density at radius 3 is 1.97 bits per heavy atom. The van der Waals surface area contributed by atoms with Gasteiger partial charge in [-0.05, 0) is 59.2 Å². The highest BCUT2D eigenvalue weighted by atomic mass is 16.5. The highest BCUT2D eigenvalue weighted by molar-refractivity contribution is 5.94. The number of nitrogens with one attached hydrogen (secondary N) is 1. The molecule has 4 rings (SSSR count). The number of hydrogen-bond donors (Lipinski definition) is 1. The summed E-state index contributed by atoms with van der Waals surface area (Å²) < 4.78 is 22.7. The number of aromatic nitrogens is 1. The normalized spacial score (nSPS) is 10.4. The van der Waals surface area contributed by atoms with E-state index in [9.17, 15) is 4.79 Å². The van der Waals surface area contributed by atoms with Crippen LogP contribution in [0.25, 0.3) is 0 Å². The fourth-order valence-corrected chi connectivity index (χ4v) is 3.53. The van der Waals surface area contributed by atoms with Gasteiger partial charge in [-0.2, -0.15) is 0 Å². The van der Waals surface area contributed by atoms with Crippen LogP contribution in [0.3, 0.4) is 0 Å². The third kappa shape index (κ3) is 6.54. The molecular weight excluding hydrogens is 456 g/mol. The largest absolute Gasteiger partial charge is 0.493 e. The molecule has 1 N–H and O–H groups in total. The van der Waals surface area contributed by atoms with Gasteiger partial charge in [-0.25, -0.2) is 0 Å². The first kappa shape index (κ1) is 24.6. The van der Waals surface area contributed by atoms with E-state index in [1.807, 2.05) is 60.7 Å². The van der Waals surface area contributed by atoms with Gasteiger partial charge in [-0.3, -0.25) is 9.78 Å². The molecule has 0 radical (unpaired) electrons. The summed E-state index contributed by atoms with van der Waals surface area (Å²) >= 11 is 0. The number of rotatable bonds is 11. The summed E-state index contributed by atoms with van der Waals surface area (Å²) in [5.74, 6) is 2.07. The molecule has 0 saturated carbocycles. The SMILES string of the molecule is COc1cc(CNC(=O)c2ccc(OCc3ccncc3)c(OC)c2)ccc1OCc1ccccc1. The lowest BCUT2D eigenvalue weighted by atomic mass is 10.1. The van der Waals surface area contributed by atoms with Crippen LogP contribution in [0.1, 0.15) is 27.0 Å². The molecule has 0 fully saturated rings. The molecule has 1 amide bonds. The molecule has 0 saturated heterocycles. The van der Waals surface area contributed by atoms with E-state index in [0.717, 1.165) is 16.7 Å². The average molecular weight is 485 g/mol. The smallest absolute Gasteiger partial charge is 0.251 e. The number of nitrogens with zero attached hydrogens (tertiary/aromatic N) is 1. The quantitative estimate of drug-likeness (QED) is 0.316. The molecule has 1 heterocycles. The number of amides is 1. The zero-order chi connectivity index (χ0) is 25.2. The summed E-state index contributed by atoms with van der Waals surface area (Å²) in [6, 6.07) is 24.4. The molecular formula is C29H28N2O5. The maximum absolute atomic E-state index is 12.8. The van der Waals surface area contributed by atoms with E-state index >= 15 is 0 Å². The van der Waals surface area contributed by atoms with Crippen molar-refractivity contribution in [2.24, 2.45) is 0 Å². The Bertz CT molecular complexity index is 1280. The predicted molar refractivity (Wildman–Crippen MR) is 137 cm³/mol. The molecule has 0 bridgehead atoms. The van der Waals surface area contributed by atoms with Crippen LogP contribution in [0.15, 0.2) is 91.3 Å². The monoisotopic (exact) mass is 484 g/mol. The minimum absolute atomic E-state index is 0.225. The van der Waals surface area contributed by atoms with Crippen LogP contribution in [-0.4, -0.2) is 25.1 Å². The van der Waals surface area contributed by atoms with E-state index in [1.165, 1.54) is 0 Å². The molecule has 0 spiro atoms. The van der Waals surface area contributed by atoms with Crippen LogP contribution >= 0.6 is 0 Å². The number of carbonyl (C=O) groups is 1. The Morgan fingerprint density at radius 1 is 0.694 bits per heavy atom. The summed E-state index contributed by atoms with van der Waals surface area (Å²) in [7, 11) is 3.14. The van der Waals surface area contributed by atoms with E-state index in [1.54, 1.807) is 44.8 Å². The molecule has 0 aliphatic heterocycles. The van der Waals surface area contributed by atoms with Gasteiger partial charge in [0, 0.05) is 24.5 Å². The van der Waals surface area contributed by atoms with Gasteiger partial charge in [0.2, 0.25) is 0 Å². The molecule has 1 aromatic heterocycles. The summed E-state index contributed by atoms with van der Waals surface area (Å²) in [6.45, 7) is 1.14. The first-order chi connectivity index (χ1) is 17.7. The minimum Gasteiger partial charge on any atom is -0.493 e. The van der Waals surface area contributed by atoms with Crippen LogP contribution in [0.5, 0.6) is 23.0 Å². The zero-order valence-electron chi connectivity index (χ0n) is 20.3. The second-order valence-corrected chi connectivity index (χ2v) is 7.95. The van der Waals surface area contributed by atoms with Crippen LogP contribution in [0.2, 0.25) is 0 Å². The summed E-state index contributed by atoms with van der Waals surface area (Å²) in [5, 5.41) is 2.93. The lowest BCUT2D eigenvalue weighted by Gasteiger charge is -2.14. The van der Waals surface area contributed by atoms with Crippen molar-refractivity contribution in [2.45, 2.75) is 19.8 Å². The first-order valence-corrected chi connectivity index (χ1v) is 11.5. The number of benzene rings is 3. The molecule has 7 heteroatoms. The molecule has 0 atom stereocenters. The molecule has 184 valence electrons. The van der Waals surface area contributed by atoms with Crippen molar-refractivity contribution >= 4 is 5.91 Å². The third-order valence-electron chi connectivity index (χ3n) is 5.49. The number of ether oxygens (including phenoxy) is 4. The van der Waals surface area contributed by atoms with E-state index in [-0.39, 0.29) is 5.91 Å². The van der Waals surface area contributed by atoms with Gasteiger partial charge < -0.3 is 24.3 Å². The summed E-state index contributed by atoms with van der Waals surface area (Å²) in [6.07, 6.45) is 3.43. The van der Waals surface area contributed by atoms with E-state index in [0.29, 0.717) is 48.3 Å². The van der Waals surface area contributed by atoms with Crippen LogP contribution in [-0.2, 0) is 19.8 Å². The Kier molecular flexibility index (Phi) is 8.38. The molecule has 0 aliphatic carbocycles. The highest BCUT2D eigenvalue weighted by Gasteiger charge is 2.13. The van der Waals surface area contributed by atoms with Gasteiger partial charge in [-0.15, -0.1) is 0 Å². The molecule has 3 aromatic carbocycles. The number of pyridine rings is 1. The molecule has 0 aliphatic rings. The van der Waals surface area contributed by atoms with Crippen LogP contribution in [0, 0.1) is 0 Å². The van der Waals surface area contributed by atoms with Crippen molar-refractivity contribution in [2.75, 3.05) is 14.2 Å². The second kappa shape index (κ2) is 12.3. The minimum atomic E-state index is -0.225. The van der Waals surface area contributed by atoms with Gasteiger partial charge in [0.05, 0.1) is 14.2 Å². The van der Waals surface area contributed by atoms with E-state index in [4.69, 9.17) is 18.9 Å². The van der Waals surface area contributed by atoms with Gasteiger partial charge in [-0.1, -0.05) is 36.4 Å². The first-order valence-electron chi connectivity index (χ1n) is 11.5. The van der Waals surface area contributed by atoms with Crippen LogP contribution in [0.4, 0.5) is 0 Å². The van der Waals surface area contributed by atoms with Crippen molar-refractivity contribution in [1.82, 2.24) is 10.3 Å². The predicted octanol–water partition coefficient (Wildman–Crippen LogP) is 5.19. The maximum Gasteiger partial charge on any atom is 0.251 e. The van der Waals surface area contributed by atoms with Crippen molar-refractivity contribution in [1.29, 1.82) is 0 Å². The third-order valence-corrected chi connectivity index (χ3v) is 5.49. The van der Waals surface area contributed by atoms with Crippen molar-refractivity contribution < 1.29 is 23.7 Å². The Balaban J connectivity index is 1.35.